The van der Waals surface area contributed by atoms with Gasteiger partial charge in [0.15, 0.2) is 0 Å². The summed E-state index contributed by atoms with van der Waals surface area (Å²) in [6, 6.07) is 28.8. The van der Waals surface area contributed by atoms with Crippen molar-refractivity contribution in [2.45, 2.75) is 154 Å². The molecule has 3 aliphatic rings. The minimum absolute atomic E-state index is 0. The van der Waals surface area contributed by atoms with Gasteiger partial charge in [0, 0.05) is 195 Å². The van der Waals surface area contributed by atoms with Crippen LogP contribution in [-0.4, -0.2) is 91.6 Å². The fourth-order valence-corrected chi connectivity index (χ4v) is 9.81. The molecule has 0 saturated heterocycles. The monoisotopic (exact) mass is 1630 g/mol. The van der Waals surface area contributed by atoms with Crippen molar-refractivity contribution in [2.24, 2.45) is 0 Å². The minimum atomic E-state index is -0.639. The van der Waals surface area contributed by atoms with Crippen molar-refractivity contribution in [1.82, 2.24) is 0 Å². The van der Waals surface area contributed by atoms with E-state index in [1.807, 2.05) is 58.9 Å². The van der Waals surface area contributed by atoms with Crippen LogP contribution in [0.2, 0.25) is 0 Å². The molecule has 0 fully saturated rings. The first-order chi connectivity index (χ1) is 48.8. The van der Waals surface area contributed by atoms with E-state index in [0.717, 1.165) is 78.1 Å². The molecule has 4 amide bonds. The number of benzene rings is 6. The normalized spacial score (nSPS) is 12.4. The second kappa shape index (κ2) is 44.8. The van der Waals surface area contributed by atoms with Gasteiger partial charge in [0.1, 0.15) is 0 Å². The average Bonchev–Trinajstić information content (AvgIpc) is 1.61. The number of hydrogen-bond acceptors (Lipinski definition) is 22. The van der Waals surface area contributed by atoms with Gasteiger partial charge in [-0.3, -0.25) is 74.5 Å². The number of hydrogen-bond donors (Lipinski definition) is 4. The van der Waals surface area contributed by atoms with Crippen LogP contribution in [-0.2, 0) is 80.0 Å². The van der Waals surface area contributed by atoms with Gasteiger partial charge in [-0.1, -0.05) is 90.5 Å². The Balaban J connectivity index is 0. The zero-order valence-corrected chi connectivity index (χ0v) is 67.1. The number of nitrogens with two attached hydrogens (primary N) is 2. The number of allylic oxidation sites excluding steroid dienone is 1. The van der Waals surface area contributed by atoms with E-state index in [4.69, 9.17) is 11.5 Å². The van der Waals surface area contributed by atoms with Gasteiger partial charge in [0.2, 0.25) is 28.9 Å². The molecule has 0 aliphatic carbocycles. The third kappa shape index (κ3) is 32.7. The molecule has 6 N–H and O–H groups in total. The molecule has 590 valence electrons. The summed E-state index contributed by atoms with van der Waals surface area (Å²) in [6.07, 6.45) is 1.11. The SMILES string of the molecule is C=C(C)CC.C=C(C)CN(C(C)=O)c1cc([N+](=O)[O-])ccc1C.CC(=O)Cl.CC(=O)N1CC(C)(C)c2ccc(N)cc21.CC(=O)N1CC(C)(C)c2ccc([N+](=O)[O-])cc21.CC(=O)Nc1cc([N+](=O)[O-])ccc1C.CC(=O)OOC(C)=O.CC1(C)CNc2cc([N+](=O)[O-])ccc21.Cc1ccc([N+](=O)[O-])cc1N.Cl.[Pd]. The number of nitrogen functional groups attached to an aromatic ring is 2. The summed E-state index contributed by atoms with van der Waals surface area (Å²) in [5, 5.41) is 58.0. The van der Waals surface area contributed by atoms with Gasteiger partial charge in [-0.2, -0.15) is 0 Å². The largest absolute Gasteiger partial charge is 0.399 e. The summed E-state index contributed by atoms with van der Waals surface area (Å²) in [5.74, 6) is -1.69. The summed E-state index contributed by atoms with van der Waals surface area (Å²) in [7, 11) is 0. The predicted octanol–water partition coefficient (Wildman–Crippen LogP) is 15.8. The van der Waals surface area contributed by atoms with Crippen molar-refractivity contribution in [3.05, 3.63) is 217 Å². The van der Waals surface area contributed by atoms with E-state index in [2.05, 4.69) is 79.8 Å². The number of carbonyl (C=O) groups excluding carboxylic acids is 7. The fraction of sp³-hybridized carbons (Fsp3) is 0.365. The first kappa shape index (κ1) is 99.0. The summed E-state index contributed by atoms with van der Waals surface area (Å²) >= 11 is 4.64. The number of fused-ring (bicyclic) bond motifs is 3. The maximum atomic E-state index is 11.6. The third-order valence-corrected chi connectivity index (χ3v) is 15.4. The average molecular weight is 1630 g/mol. The topological polar surface area (TPSA) is 439 Å². The van der Waals surface area contributed by atoms with E-state index in [1.54, 1.807) is 67.0 Å². The number of rotatable bonds is 10. The molecule has 34 heteroatoms. The third-order valence-electron chi connectivity index (χ3n) is 15.4. The first-order valence-corrected chi connectivity index (χ1v) is 32.8. The molecule has 0 saturated carbocycles. The zero-order chi connectivity index (χ0) is 81.8. The molecule has 108 heavy (non-hydrogen) atoms. The molecule has 31 nitrogen and oxygen atoms in total. The molecule has 9 rings (SSSR count). The van der Waals surface area contributed by atoms with E-state index in [9.17, 15) is 84.1 Å². The number of nitrogens with zero attached hydrogens (tertiary/aromatic N) is 8. The first-order valence-electron chi connectivity index (χ1n) is 32.5. The van der Waals surface area contributed by atoms with Gasteiger partial charge in [0.25, 0.3) is 28.4 Å². The number of aryl methyl sites for hydroxylation is 3. The molecular formula is C74H96Cl2N12O19Pd. The fourth-order valence-electron chi connectivity index (χ4n) is 9.81. The number of halogens is 2. The molecule has 0 bridgehead atoms. The Morgan fingerprint density at radius 3 is 1.28 bits per heavy atom. The Morgan fingerprint density at radius 1 is 0.537 bits per heavy atom. The van der Waals surface area contributed by atoms with Crippen LogP contribution in [0.15, 0.2) is 133 Å². The van der Waals surface area contributed by atoms with Gasteiger partial charge in [0.05, 0.1) is 41.7 Å². The summed E-state index contributed by atoms with van der Waals surface area (Å²) < 4.78 is 0. The second-order valence-corrected chi connectivity index (χ2v) is 26.9. The summed E-state index contributed by atoms with van der Waals surface area (Å²) in [6.45, 7) is 43.3. The number of nitrogens with one attached hydrogen (secondary N) is 2. The molecule has 0 radical (unpaired) electrons. The molecule has 0 unspecified atom stereocenters. The Kier molecular flexibility index (Phi) is 41.1. The molecule has 6 aromatic rings. The quantitative estimate of drug-likeness (QED) is 0.0188. The van der Waals surface area contributed by atoms with E-state index in [-0.39, 0.29) is 111 Å². The van der Waals surface area contributed by atoms with Crippen molar-refractivity contribution in [3.63, 3.8) is 0 Å². The van der Waals surface area contributed by atoms with Crippen molar-refractivity contribution in [2.75, 3.05) is 63.0 Å². The van der Waals surface area contributed by atoms with Crippen LogP contribution in [0.4, 0.5) is 68.2 Å². The number of carbonyl (C=O) groups is 7. The Bertz CT molecular complexity index is 4280. The summed E-state index contributed by atoms with van der Waals surface area (Å²) in [5.41, 5.74) is 23.9. The zero-order valence-electron chi connectivity index (χ0n) is 63.9. The molecule has 0 aromatic heterocycles. The van der Waals surface area contributed by atoms with Gasteiger partial charge >= 0.3 is 11.9 Å². The van der Waals surface area contributed by atoms with Crippen molar-refractivity contribution >= 4 is 133 Å². The van der Waals surface area contributed by atoms with Crippen LogP contribution in [0.1, 0.15) is 151 Å². The molecule has 6 aromatic carbocycles. The summed E-state index contributed by atoms with van der Waals surface area (Å²) in [4.78, 5) is 137. The van der Waals surface area contributed by atoms with E-state index in [0.29, 0.717) is 41.5 Å². The molecule has 3 aliphatic heterocycles. The predicted molar refractivity (Wildman–Crippen MR) is 418 cm³/mol. The van der Waals surface area contributed by atoms with Crippen LogP contribution in [0.25, 0.3) is 0 Å². The standard InChI is InChI=1S/C13H16N2O3.C12H14N2O3.C12H16N2O.C10H12N2O2.C9H10N2O3.C7H8N2O2.C5H10.C4H6O4.C2H3ClO.ClH.Pd/c1-9(2)8-14(11(4)16)13-7-12(15(17)18)6-5-10(13)3;1-8(15)13-7-12(2,3)10-5-4-9(14(16)17)6-11(10)13;1-8(15)14-7-12(2,3)10-5-4-9(13)6-11(10)14;1-10(2)6-11-9-5-7(12(13)14)3-4-8(9)10;1-6-3-4-8(11(13)14)5-9(6)10-7(2)12;1-5-2-3-6(9(10)11)4-7(5)8;1-4-5(2)3;1-3(5)7-8-4(2)6;1-2(3)4;;/h5-7H,1,8H2,2-4H3;4-6H,7H2,1-3H3;4-6H,7,13H2,1-3H3;3-5,11H,6H2,1-2H3;3-5H,1-2H3,(H,10,12);2-4H,8H2,1H3;2,4H2,1,3H3;1-2H3;1H3;1H;. The van der Waals surface area contributed by atoms with Crippen molar-refractivity contribution in [1.29, 1.82) is 0 Å². The Labute approximate surface area is 652 Å². The van der Waals surface area contributed by atoms with Crippen LogP contribution in [0.3, 0.4) is 0 Å². The number of non-ortho nitro benzene ring substituents is 5. The van der Waals surface area contributed by atoms with Crippen LogP contribution < -0.4 is 36.8 Å². The Morgan fingerprint density at radius 2 is 0.898 bits per heavy atom. The maximum absolute atomic E-state index is 11.6. The van der Waals surface area contributed by atoms with Gasteiger partial charge in [-0.25, -0.2) is 19.4 Å². The molecule has 3 heterocycles. The van der Waals surface area contributed by atoms with Gasteiger partial charge in [-0.15, -0.1) is 19.0 Å². The van der Waals surface area contributed by atoms with Gasteiger partial charge in [-0.05, 0) is 110 Å². The Hall–Kier alpha value is -11.1. The van der Waals surface area contributed by atoms with Crippen LogP contribution in [0.5, 0.6) is 0 Å². The van der Waals surface area contributed by atoms with Crippen molar-refractivity contribution < 1.29 is 88.4 Å². The molecule has 0 atom stereocenters. The maximum Gasteiger partial charge on any atom is 0.352 e. The molecule has 0 spiro atoms. The smallest absolute Gasteiger partial charge is 0.352 e. The number of nitro groups is 5. The van der Waals surface area contributed by atoms with E-state index < -0.39 is 31.6 Å². The number of anilines is 7. The minimum Gasteiger partial charge on any atom is -0.399 e. The van der Waals surface area contributed by atoms with Gasteiger partial charge < -0.3 is 36.8 Å². The second-order valence-electron chi connectivity index (χ2n) is 26.4. The van der Waals surface area contributed by atoms with E-state index >= 15 is 0 Å². The van der Waals surface area contributed by atoms with Crippen LogP contribution in [0, 0.1) is 71.3 Å². The molecular weight excluding hydrogens is 1540 g/mol. The van der Waals surface area contributed by atoms with E-state index in [1.165, 1.54) is 92.3 Å². The number of amides is 4. The van der Waals surface area contributed by atoms with Crippen LogP contribution >= 0.6 is 24.0 Å². The van der Waals surface area contributed by atoms with Crippen molar-refractivity contribution in [3.8, 4) is 0 Å². The number of nitro benzene ring substituents is 5.